The Morgan fingerprint density at radius 2 is 1.93 bits per heavy atom. The molecule has 4 N–H and O–H groups in total. The number of thiazole rings is 1. The average molecular weight is 561 g/mol. The van der Waals surface area contributed by atoms with Crippen molar-refractivity contribution in [3.8, 4) is 0 Å². The van der Waals surface area contributed by atoms with E-state index in [2.05, 4.69) is 64.6 Å². The number of nitrogens with two attached hydrogens (primary N) is 1. The molecule has 1 aromatic carbocycles. The molecule has 2 fully saturated rings. The molecule has 11 heteroatoms. The van der Waals surface area contributed by atoms with Gasteiger partial charge in [-0.2, -0.15) is 5.10 Å². The van der Waals surface area contributed by atoms with Crippen LogP contribution in [0.25, 0.3) is 21.1 Å². The zero-order chi connectivity index (χ0) is 28.0. The lowest BCUT2D eigenvalue weighted by Gasteiger charge is -2.38. The van der Waals surface area contributed by atoms with Gasteiger partial charge in [0.1, 0.15) is 5.82 Å². The Labute approximate surface area is 237 Å². The quantitative estimate of drug-likeness (QED) is 0.309. The third-order valence-corrected chi connectivity index (χ3v) is 9.83. The summed E-state index contributed by atoms with van der Waals surface area (Å²) in [6, 6.07) is 6.83. The van der Waals surface area contributed by atoms with Crippen LogP contribution in [0.3, 0.4) is 0 Å². The number of hydrogen-bond acceptors (Lipinski definition) is 8. The number of nitrogen functional groups attached to an aromatic ring is 1. The van der Waals surface area contributed by atoms with Gasteiger partial charge in [0.05, 0.1) is 50.3 Å². The van der Waals surface area contributed by atoms with Crippen LogP contribution in [0.5, 0.6) is 0 Å². The van der Waals surface area contributed by atoms with E-state index in [0.717, 1.165) is 23.9 Å². The van der Waals surface area contributed by atoms with Crippen molar-refractivity contribution < 1.29 is 9.59 Å². The summed E-state index contributed by atoms with van der Waals surface area (Å²) in [5.41, 5.74) is 8.83. The predicted octanol–water partition coefficient (Wildman–Crippen LogP) is 4.68. The monoisotopic (exact) mass is 560 g/mol. The maximum Gasteiger partial charge on any atom is 0.314 e. The average Bonchev–Trinajstić information content (AvgIpc) is 3.62. The second kappa shape index (κ2) is 10.8. The van der Waals surface area contributed by atoms with Crippen molar-refractivity contribution in [2.24, 2.45) is 5.92 Å². The first-order valence-corrected chi connectivity index (χ1v) is 14.9. The van der Waals surface area contributed by atoms with Gasteiger partial charge in [-0.3, -0.25) is 14.7 Å². The van der Waals surface area contributed by atoms with Crippen LogP contribution in [0, 0.1) is 5.92 Å². The van der Waals surface area contributed by atoms with Crippen molar-refractivity contribution in [1.29, 1.82) is 0 Å². The molecule has 0 radical (unpaired) electrons. The molecule has 40 heavy (non-hydrogen) atoms. The van der Waals surface area contributed by atoms with E-state index in [0.29, 0.717) is 46.8 Å². The molecule has 1 saturated carbocycles. The van der Waals surface area contributed by atoms with Crippen LogP contribution in [0.4, 0.5) is 11.5 Å². The van der Waals surface area contributed by atoms with Gasteiger partial charge in [0, 0.05) is 18.5 Å². The number of aromatic amines is 1. The molecule has 2 aliphatic rings. The number of rotatable bonds is 4. The molecular weight excluding hydrogens is 524 g/mol. The largest absolute Gasteiger partial charge is 0.383 e. The summed E-state index contributed by atoms with van der Waals surface area (Å²) in [5.74, 6) is -0.138. The molecule has 0 spiro atoms. The van der Waals surface area contributed by atoms with Gasteiger partial charge in [-0.05, 0) is 76.2 Å². The minimum Gasteiger partial charge on any atom is -0.383 e. The van der Waals surface area contributed by atoms with Gasteiger partial charge in [0.25, 0.3) is 0 Å². The number of H-pyrrole nitrogens is 1. The summed E-state index contributed by atoms with van der Waals surface area (Å²) in [6.45, 7) is 2.64. The Morgan fingerprint density at radius 1 is 1.12 bits per heavy atom. The van der Waals surface area contributed by atoms with Gasteiger partial charge in [-0.1, -0.05) is 13.0 Å². The molecule has 210 valence electrons. The lowest BCUT2D eigenvalue weighted by atomic mass is 9.86. The molecule has 1 aliphatic heterocycles. The number of anilines is 2. The van der Waals surface area contributed by atoms with Gasteiger partial charge in [0.15, 0.2) is 0 Å². The third kappa shape index (κ3) is 5.03. The van der Waals surface area contributed by atoms with E-state index in [9.17, 15) is 9.59 Å². The van der Waals surface area contributed by atoms with Gasteiger partial charge in [-0.25, -0.2) is 9.97 Å². The smallest absolute Gasteiger partial charge is 0.314 e. The normalized spacial score (nSPS) is 23.6. The summed E-state index contributed by atoms with van der Waals surface area (Å²) in [6.07, 6.45) is 9.52. The van der Waals surface area contributed by atoms with E-state index in [1.54, 1.807) is 22.4 Å². The maximum atomic E-state index is 13.5. The van der Waals surface area contributed by atoms with Crippen LogP contribution in [-0.2, 0) is 9.59 Å². The highest BCUT2D eigenvalue weighted by Crippen LogP contribution is 2.40. The van der Waals surface area contributed by atoms with E-state index in [1.165, 1.54) is 41.6 Å². The minimum absolute atomic E-state index is 0.184. The Bertz CT molecular complexity index is 1550. The lowest BCUT2D eigenvalue weighted by molar-refractivity contribution is -0.146. The molecule has 10 nitrogen and oxygen atoms in total. The zero-order valence-electron chi connectivity index (χ0n) is 23.2. The van der Waals surface area contributed by atoms with Crippen molar-refractivity contribution in [2.45, 2.75) is 63.5 Å². The van der Waals surface area contributed by atoms with Gasteiger partial charge < -0.3 is 20.9 Å². The standard InChI is InChI=1S/C29H36N8O2S/c1-16-4-10-23(37(15-16)29(39)27(38)33-22-14-31-26(30)20-13-32-35-25(20)22)18-7-11-24-21(12-18)34-28(40-24)17-5-8-19(9-6-17)36(2)3/h7,11-14,16-17,19,23H,4-6,8-10,15H2,1-3H3,(H2,30,31)(H,32,35)(H,33,38). The summed E-state index contributed by atoms with van der Waals surface area (Å²) in [4.78, 5) is 40.0. The van der Waals surface area contributed by atoms with E-state index in [1.807, 2.05) is 0 Å². The Hall–Kier alpha value is -3.57. The molecule has 3 aromatic heterocycles. The number of carbonyl (C=O) groups excluding carboxylic acids is 2. The topological polar surface area (TPSA) is 133 Å². The fraction of sp³-hybridized carbons (Fsp3) is 0.483. The van der Waals surface area contributed by atoms with Crippen molar-refractivity contribution in [2.75, 3.05) is 31.7 Å². The summed E-state index contributed by atoms with van der Waals surface area (Å²) in [5, 5.41) is 11.4. The zero-order valence-corrected chi connectivity index (χ0v) is 24.0. The highest BCUT2D eigenvalue weighted by Gasteiger charge is 2.35. The van der Waals surface area contributed by atoms with Crippen molar-refractivity contribution in [3.05, 3.63) is 41.2 Å². The summed E-state index contributed by atoms with van der Waals surface area (Å²) < 4.78 is 1.17. The SMILES string of the molecule is CC1CCC(c2ccc3sc(C4CCC(N(C)C)CC4)nc3c2)N(C(=O)C(=O)Nc2cnc(N)c3cn[nH]c23)C1. The minimum atomic E-state index is -0.702. The number of nitrogens with zero attached hydrogens (tertiary/aromatic N) is 5. The first kappa shape index (κ1) is 26.6. The van der Waals surface area contributed by atoms with Gasteiger partial charge in [-0.15, -0.1) is 11.3 Å². The van der Waals surface area contributed by atoms with Crippen LogP contribution in [-0.4, -0.2) is 68.5 Å². The second-order valence-electron chi connectivity index (χ2n) is 11.6. The fourth-order valence-corrected chi connectivity index (χ4v) is 7.38. The molecule has 4 heterocycles. The molecule has 2 amide bonds. The van der Waals surface area contributed by atoms with Crippen LogP contribution in [0.15, 0.2) is 30.6 Å². The maximum absolute atomic E-state index is 13.5. The molecule has 0 bridgehead atoms. The number of amides is 2. The van der Waals surface area contributed by atoms with E-state index >= 15 is 0 Å². The highest BCUT2D eigenvalue weighted by atomic mass is 32.1. The third-order valence-electron chi connectivity index (χ3n) is 8.63. The first-order chi connectivity index (χ1) is 19.3. The second-order valence-corrected chi connectivity index (χ2v) is 12.6. The molecule has 1 saturated heterocycles. The number of carbonyl (C=O) groups is 2. The number of nitrogens with one attached hydrogen (secondary N) is 2. The molecule has 6 rings (SSSR count). The van der Waals surface area contributed by atoms with Crippen molar-refractivity contribution in [1.82, 2.24) is 30.0 Å². The highest BCUT2D eigenvalue weighted by molar-refractivity contribution is 7.18. The molecular formula is C29H36N8O2S. The number of benzene rings is 1. The Kier molecular flexibility index (Phi) is 7.18. The van der Waals surface area contributed by atoms with Crippen LogP contribution in [0.1, 0.15) is 68.0 Å². The first-order valence-electron chi connectivity index (χ1n) is 14.0. The Balaban J connectivity index is 1.22. The molecule has 2 atom stereocenters. The predicted molar refractivity (Wildman–Crippen MR) is 158 cm³/mol. The van der Waals surface area contributed by atoms with Gasteiger partial charge in [0.2, 0.25) is 0 Å². The van der Waals surface area contributed by atoms with Gasteiger partial charge >= 0.3 is 11.8 Å². The van der Waals surface area contributed by atoms with Crippen molar-refractivity contribution in [3.63, 3.8) is 0 Å². The van der Waals surface area contributed by atoms with Crippen LogP contribution < -0.4 is 11.1 Å². The van der Waals surface area contributed by atoms with Crippen LogP contribution in [0.2, 0.25) is 0 Å². The molecule has 2 unspecified atom stereocenters. The number of piperidine rings is 1. The van der Waals surface area contributed by atoms with Crippen LogP contribution >= 0.6 is 11.3 Å². The molecule has 1 aliphatic carbocycles. The number of pyridine rings is 1. The fourth-order valence-electron chi connectivity index (χ4n) is 6.26. The summed E-state index contributed by atoms with van der Waals surface area (Å²) in [7, 11) is 4.34. The van der Waals surface area contributed by atoms with E-state index in [4.69, 9.17) is 10.7 Å². The lowest BCUT2D eigenvalue weighted by Crippen LogP contribution is -2.46. The van der Waals surface area contributed by atoms with E-state index in [-0.39, 0.29) is 6.04 Å². The van der Waals surface area contributed by atoms with E-state index < -0.39 is 11.8 Å². The number of hydrogen-bond donors (Lipinski definition) is 3. The summed E-state index contributed by atoms with van der Waals surface area (Å²) >= 11 is 1.79. The Morgan fingerprint density at radius 3 is 2.70 bits per heavy atom. The number of likely N-dealkylation sites (tertiary alicyclic amines) is 1. The van der Waals surface area contributed by atoms with Crippen molar-refractivity contribution >= 4 is 55.8 Å². The number of fused-ring (bicyclic) bond motifs is 2. The number of aromatic nitrogens is 4. The molecule has 4 aromatic rings.